The van der Waals surface area contributed by atoms with Gasteiger partial charge in [0.15, 0.2) is 0 Å². The normalized spacial score (nSPS) is 14.9. The molecule has 0 bridgehead atoms. The van der Waals surface area contributed by atoms with E-state index in [0.29, 0.717) is 38.6 Å². The van der Waals surface area contributed by atoms with E-state index < -0.39 is 26.0 Å². The van der Waals surface area contributed by atoms with Crippen LogP contribution in [0.4, 0.5) is 0 Å². The molecule has 2 aromatic carbocycles. The first-order chi connectivity index (χ1) is 16.7. The van der Waals surface area contributed by atoms with Crippen molar-refractivity contribution in [2.75, 3.05) is 53.1 Å². The fraction of sp³-hybridized carbons (Fsp3) is 0.409. The van der Waals surface area contributed by atoms with Crippen molar-refractivity contribution in [1.29, 1.82) is 0 Å². The molecular weight excluding hydrogens is 498 g/mol. The fourth-order valence-electron chi connectivity index (χ4n) is 3.36. The molecule has 1 aliphatic rings. The predicted octanol–water partition coefficient (Wildman–Crippen LogP) is 0.823. The minimum absolute atomic E-state index is 0.00806. The lowest BCUT2D eigenvalue weighted by atomic mass is 10.2. The van der Waals surface area contributed by atoms with E-state index in [4.69, 9.17) is 14.2 Å². The van der Waals surface area contributed by atoms with Gasteiger partial charge in [-0.3, -0.25) is 4.79 Å². The number of hydrogen-bond donors (Lipinski definition) is 2. The van der Waals surface area contributed by atoms with Crippen LogP contribution in [0.15, 0.2) is 52.3 Å². The van der Waals surface area contributed by atoms with Gasteiger partial charge in [0.05, 0.1) is 35.7 Å². The molecule has 0 unspecified atom stereocenters. The van der Waals surface area contributed by atoms with Gasteiger partial charge in [-0.2, -0.15) is 4.31 Å². The molecule has 1 aliphatic heterocycles. The zero-order valence-electron chi connectivity index (χ0n) is 19.5. The zero-order chi connectivity index (χ0) is 25.5. The van der Waals surface area contributed by atoms with E-state index in [1.54, 1.807) is 6.92 Å². The Balaban J connectivity index is 1.57. The second-order valence-electron chi connectivity index (χ2n) is 7.46. The Morgan fingerprint density at radius 3 is 2.31 bits per heavy atom. The molecule has 1 heterocycles. The van der Waals surface area contributed by atoms with Gasteiger partial charge in [0, 0.05) is 26.2 Å². The van der Waals surface area contributed by atoms with E-state index in [1.165, 1.54) is 53.9 Å². The summed E-state index contributed by atoms with van der Waals surface area (Å²) in [6.07, 6.45) is 0. The lowest BCUT2D eigenvalue weighted by molar-refractivity contribution is 0.0730. The Hall–Kier alpha value is -2.71. The maximum Gasteiger partial charge on any atom is 0.255 e. The van der Waals surface area contributed by atoms with E-state index in [2.05, 4.69) is 10.0 Å². The first-order valence-corrected chi connectivity index (χ1v) is 13.9. The first kappa shape index (κ1) is 26.9. The number of carbonyl (C=O) groups is 1. The van der Waals surface area contributed by atoms with Crippen LogP contribution in [0.25, 0.3) is 0 Å². The maximum atomic E-state index is 12.7. The van der Waals surface area contributed by atoms with E-state index >= 15 is 0 Å². The van der Waals surface area contributed by atoms with Gasteiger partial charge in [0.25, 0.3) is 5.91 Å². The molecule has 2 N–H and O–H groups in total. The molecule has 0 saturated carbocycles. The van der Waals surface area contributed by atoms with Crippen LogP contribution in [0.5, 0.6) is 11.5 Å². The maximum absolute atomic E-state index is 12.7. The minimum Gasteiger partial charge on any atom is -0.496 e. The number of ether oxygens (including phenoxy) is 3. The van der Waals surface area contributed by atoms with Crippen LogP contribution in [0.2, 0.25) is 0 Å². The third-order valence-electron chi connectivity index (χ3n) is 5.16. The number of hydrogen-bond acceptors (Lipinski definition) is 8. The number of rotatable bonds is 11. The molecule has 35 heavy (non-hydrogen) atoms. The summed E-state index contributed by atoms with van der Waals surface area (Å²) in [5.41, 5.74) is 0.112. The van der Waals surface area contributed by atoms with Crippen LogP contribution in [0, 0.1) is 0 Å². The molecule has 3 rings (SSSR count). The molecule has 0 atom stereocenters. The quantitative estimate of drug-likeness (QED) is 0.410. The summed E-state index contributed by atoms with van der Waals surface area (Å²) in [5.74, 6) is 0.217. The molecule has 0 aliphatic carbocycles. The van der Waals surface area contributed by atoms with Crippen molar-refractivity contribution < 1.29 is 35.8 Å². The van der Waals surface area contributed by atoms with Gasteiger partial charge in [0.1, 0.15) is 18.1 Å². The lowest BCUT2D eigenvalue weighted by Gasteiger charge is -2.26. The third-order valence-corrected chi connectivity index (χ3v) is 8.53. The number of nitrogens with zero attached hydrogens (tertiary/aromatic N) is 1. The summed E-state index contributed by atoms with van der Waals surface area (Å²) in [6.45, 7) is 3.43. The molecule has 0 radical (unpaired) electrons. The molecular formula is C22H29N3O8S2. The molecule has 13 heteroatoms. The van der Waals surface area contributed by atoms with Crippen LogP contribution in [0.3, 0.4) is 0 Å². The summed E-state index contributed by atoms with van der Waals surface area (Å²) < 4.78 is 70.3. The van der Waals surface area contributed by atoms with E-state index in [-0.39, 0.29) is 34.3 Å². The van der Waals surface area contributed by atoms with Gasteiger partial charge in [-0.25, -0.2) is 21.6 Å². The molecule has 0 spiro atoms. The molecule has 1 fully saturated rings. The Morgan fingerprint density at radius 1 is 1.03 bits per heavy atom. The first-order valence-electron chi connectivity index (χ1n) is 11.0. The third kappa shape index (κ3) is 6.70. The summed E-state index contributed by atoms with van der Waals surface area (Å²) in [6, 6.07) is 9.95. The van der Waals surface area contributed by atoms with Gasteiger partial charge >= 0.3 is 0 Å². The summed E-state index contributed by atoms with van der Waals surface area (Å²) >= 11 is 0. The van der Waals surface area contributed by atoms with Crippen LogP contribution in [0.1, 0.15) is 17.3 Å². The topological polar surface area (TPSA) is 140 Å². The van der Waals surface area contributed by atoms with Crippen LogP contribution < -0.4 is 19.5 Å². The Kier molecular flexibility index (Phi) is 9.08. The Bertz CT molecular complexity index is 1230. The van der Waals surface area contributed by atoms with Crippen molar-refractivity contribution in [3.63, 3.8) is 0 Å². The highest BCUT2D eigenvalue weighted by Gasteiger charge is 2.26. The number of amides is 1. The predicted molar refractivity (Wildman–Crippen MR) is 128 cm³/mol. The van der Waals surface area contributed by atoms with Crippen molar-refractivity contribution in [1.82, 2.24) is 14.3 Å². The van der Waals surface area contributed by atoms with E-state index in [1.807, 2.05) is 0 Å². The van der Waals surface area contributed by atoms with Gasteiger partial charge in [-0.15, -0.1) is 0 Å². The number of nitrogens with one attached hydrogen (secondary N) is 2. The number of methoxy groups -OCH3 is 1. The number of carbonyl (C=O) groups excluding carboxylic acids is 1. The van der Waals surface area contributed by atoms with Gasteiger partial charge in [-0.1, -0.05) is 0 Å². The standard InChI is InChI=1S/C22H29N3O8S2/c1-3-23-22(26)20-16-19(8-9-21(20)31-2)34(27,28)24-10-13-33-17-4-6-18(7-5-17)35(29,30)25-11-14-32-15-12-25/h4-9,16,24H,3,10-15H2,1-2H3,(H,23,26). The van der Waals surface area contributed by atoms with Gasteiger partial charge in [0.2, 0.25) is 20.0 Å². The molecule has 11 nitrogen and oxygen atoms in total. The second kappa shape index (κ2) is 11.8. The van der Waals surface area contributed by atoms with Crippen molar-refractivity contribution in [3.8, 4) is 11.5 Å². The van der Waals surface area contributed by atoms with Crippen LogP contribution in [-0.2, 0) is 24.8 Å². The van der Waals surface area contributed by atoms with Crippen molar-refractivity contribution in [2.24, 2.45) is 0 Å². The van der Waals surface area contributed by atoms with Crippen LogP contribution in [-0.4, -0.2) is 80.2 Å². The summed E-state index contributed by atoms with van der Waals surface area (Å²) in [7, 11) is -6.12. The summed E-state index contributed by atoms with van der Waals surface area (Å²) in [5, 5.41) is 2.62. The van der Waals surface area contributed by atoms with Crippen molar-refractivity contribution in [3.05, 3.63) is 48.0 Å². The van der Waals surface area contributed by atoms with E-state index in [9.17, 15) is 21.6 Å². The Morgan fingerprint density at radius 2 is 1.69 bits per heavy atom. The number of morpholine rings is 1. The van der Waals surface area contributed by atoms with Crippen LogP contribution >= 0.6 is 0 Å². The van der Waals surface area contributed by atoms with Gasteiger partial charge in [-0.05, 0) is 49.4 Å². The monoisotopic (exact) mass is 527 g/mol. The summed E-state index contributed by atoms with van der Waals surface area (Å²) in [4.78, 5) is 12.3. The number of sulfonamides is 2. The highest BCUT2D eigenvalue weighted by molar-refractivity contribution is 7.89. The molecule has 1 amide bonds. The van der Waals surface area contributed by atoms with Gasteiger partial charge < -0.3 is 19.5 Å². The largest absolute Gasteiger partial charge is 0.496 e. The van der Waals surface area contributed by atoms with E-state index in [0.717, 1.165) is 0 Å². The van der Waals surface area contributed by atoms with Crippen molar-refractivity contribution >= 4 is 26.0 Å². The minimum atomic E-state index is -3.91. The smallest absolute Gasteiger partial charge is 0.255 e. The average molecular weight is 528 g/mol. The Labute approximate surface area is 205 Å². The molecule has 192 valence electrons. The molecule has 0 aromatic heterocycles. The highest BCUT2D eigenvalue weighted by Crippen LogP contribution is 2.23. The lowest BCUT2D eigenvalue weighted by Crippen LogP contribution is -2.40. The number of benzene rings is 2. The SMILES string of the molecule is CCNC(=O)c1cc(S(=O)(=O)NCCOc2ccc(S(=O)(=O)N3CCOCC3)cc2)ccc1OC. The highest BCUT2D eigenvalue weighted by atomic mass is 32.2. The molecule has 2 aromatic rings. The zero-order valence-corrected chi connectivity index (χ0v) is 21.2. The average Bonchev–Trinajstić information content (AvgIpc) is 2.87. The fourth-order valence-corrected chi connectivity index (χ4v) is 5.81. The van der Waals surface area contributed by atoms with Crippen molar-refractivity contribution in [2.45, 2.75) is 16.7 Å². The molecule has 1 saturated heterocycles. The second-order valence-corrected chi connectivity index (χ2v) is 11.2.